The van der Waals surface area contributed by atoms with E-state index in [2.05, 4.69) is 11.6 Å². The summed E-state index contributed by atoms with van der Waals surface area (Å²) < 4.78 is 0. The fourth-order valence-electron chi connectivity index (χ4n) is 0.261. The van der Waals surface area contributed by atoms with Crippen LogP contribution in [0, 0.1) is 10.1 Å². The second-order valence-corrected chi connectivity index (χ2v) is 1.51. The monoisotopic (exact) mass is 128 g/mol. The maximum absolute atomic E-state index is 9.92. The summed E-state index contributed by atoms with van der Waals surface area (Å²) in [7, 11) is 1.49. The van der Waals surface area contributed by atoms with Gasteiger partial charge in [0.1, 0.15) is 5.71 Å². The summed E-state index contributed by atoms with van der Waals surface area (Å²) in [6, 6.07) is 0. The Kier molecular flexibility index (Phi) is 2.57. The van der Waals surface area contributed by atoms with Crippen molar-refractivity contribution in [2.75, 3.05) is 7.05 Å². The molecule has 50 valence electrons. The number of allylic oxidation sites excluding steroid dienone is 1. The molecule has 0 aliphatic heterocycles. The fraction of sp³-hybridized carbons (Fsp3) is 0.400. The second-order valence-electron chi connectivity index (χ2n) is 1.51. The van der Waals surface area contributed by atoms with Crippen molar-refractivity contribution in [1.82, 2.24) is 0 Å². The van der Waals surface area contributed by atoms with Crippen LogP contribution in [0.4, 0.5) is 0 Å². The molecule has 0 heterocycles. The highest BCUT2D eigenvalue weighted by molar-refractivity contribution is 5.95. The Morgan fingerprint density at radius 1 is 1.78 bits per heavy atom. The predicted octanol–water partition coefficient (Wildman–Crippen LogP) is 0.868. The lowest BCUT2D eigenvalue weighted by Crippen LogP contribution is -2.05. The molecular weight excluding hydrogens is 120 g/mol. The largest absolute Gasteiger partial charge is 0.286 e. The van der Waals surface area contributed by atoms with Crippen LogP contribution in [0.1, 0.15) is 6.92 Å². The molecule has 0 rings (SSSR count). The first-order valence-corrected chi connectivity index (χ1v) is 2.36. The maximum atomic E-state index is 9.92. The van der Waals surface area contributed by atoms with E-state index >= 15 is 0 Å². The van der Waals surface area contributed by atoms with Gasteiger partial charge in [0.15, 0.2) is 0 Å². The molecule has 0 saturated heterocycles. The maximum Gasteiger partial charge on any atom is 0.282 e. The molecule has 9 heavy (non-hydrogen) atoms. The number of nitro groups is 1. The van der Waals surface area contributed by atoms with E-state index in [0.717, 1.165) is 0 Å². The summed E-state index contributed by atoms with van der Waals surface area (Å²) in [6.45, 7) is 4.74. The van der Waals surface area contributed by atoms with Crippen LogP contribution in [0.25, 0.3) is 0 Å². The third kappa shape index (κ3) is 2.03. The minimum Gasteiger partial charge on any atom is -0.286 e. The molecule has 0 unspecified atom stereocenters. The van der Waals surface area contributed by atoms with Gasteiger partial charge < -0.3 is 0 Å². The molecule has 0 aliphatic rings. The molecule has 0 spiro atoms. The van der Waals surface area contributed by atoms with Crippen molar-refractivity contribution < 1.29 is 4.92 Å². The molecule has 0 aliphatic carbocycles. The lowest BCUT2D eigenvalue weighted by atomic mass is 10.3. The zero-order valence-electron chi connectivity index (χ0n) is 5.42. The van der Waals surface area contributed by atoms with E-state index in [-0.39, 0.29) is 5.70 Å². The van der Waals surface area contributed by atoms with Crippen molar-refractivity contribution in [3.63, 3.8) is 0 Å². The van der Waals surface area contributed by atoms with Crippen LogP contribution >= 0.6 is 0 Å². The van der Waals surface area contributed by atoms with E-state index in [9.17, 15) is 10.1 Å². The molecule has 0 amide bonds. The zero-order chi connectivity index (χ0) is 7.44. The molecule has 0 bridgehead atoms. The van der Waals surface area contributed by atoms with Crippen molar-refractivity contribution in [2.24, 2.45) is 4.99 Å². The minimum absolute atomic E-state index is 0.141. The van der Waals surface area contributed by atoms with Gasteiger partial charge in [0.05, 0.1) is 4.92 Å². The molecule has 4 heteroatoms. The smallest absolute Gasteiger partial charge is 0.282 e. The summed E-state index contributed by atoms with van der Waals surface area (Å²) in [5.74, 6) is 0. The van der Waals surface area contributed by atoms with Gasteiger partial charge in [-0.05, 0) is 13.5 Å². The Morgan fingerprint density at radius 3 is 2.33 bits per heavy atom. The van der Waals surface area contributed by atoms with Gasteiger partial charge in [-0.15, -0.1) is 0 Å². The van der Waals surface area contributed by atoms with Crippen LogP contribution in [-0.2, 0) is 0 Å². The van der Waals surface area contributed by atoms with E-state index in [0.29, 0.717) is 5.71 Å². The van der Waals surface area contributed by atoms with Gasteiger partial charge in [-0.3, -0.25) is 15.1 Å². The van der Waals surface area contributed by atoms with Gasteiger partial charge in [-0.25, -0.2) is 0 Å². The third-order valence-corrected chi connectivity index (χ3v) is 0.973. The van der Waals surface area contributed by atoms with E-state index in [1.807, 2.05) is 0 Å². The van der Waals surface area contributed by atoms with Gasteiger partial charge in [0.2, 0.25) is 0 Å². The van der Waals surface area contributed by atoms with Crippen molar-refractivity contribution in [1.29, 1.82) is 0 Å². The number of hydrogen-bond donors (Lipinski definition) is 0. The first-order chi connectivity index (χ1) is 4.09. The number of aliphatic imine (C=N–C) groups is 1. The first-order valence-electron chi connectivity index (χ1n) is 2.36. The number of rotatable bonds is 2. The van der Waals surface area contributed by atoms with Crippen molar-refractivity contribution >= 4 is 5.71 Å². The van der Waals surface area contributed by atoms with E-state index in [4.69, 9.17) is 0 Å². The molecule has 0 fully saturated rings. The fourth-order valence-corrected chi connectivity index (χ4v) is 0.261. The molecular formula is C5H8N2O2. The number of hydrogen-bond acceptors (Lipinski definition) is 3. The van der Waals surface area contributed by atoms with Crippen molar-refractivity contribution in [3.05, 3.63) is 22.4 Å². The molecule has 0 aromatic carbocycles. The molecule has 0 aromatic heterocycles. The predicted molar refractivity (Wildman–Crippen MR) is 35.2 cm³/mol. The topological polar surface area (TPSA) is 55.5 Å². The Hall–Kier alpha value is -1.19. The van der Waals surface area contributed by atoms with Crippen LogP contribution in [0.2, 0.25) is 0 Å². The Labute approximate surface area is 53.1 Å². The summed E-state index contributed by atoms with van der Waals surface area (Å²) >= 11 is 0. The summed E-state index contributed by atoms with van der Waals surface area (Å²) in [5, 5.41) is 9.92. The highest BCUT2D eigenvalue weighted by Crippen LogP contribution is 1.93. The molecule has 0 aromatic rings. The van der Waals surface area contributed by atoms with Crippen LogP contribution in [0.3, 0.4) is 0 Å². The van der Waals surface area contributed by atoms with Crippen LogP contribution in [-0.4, -0.2) is 17.7 Å². The summed E-state index contributed by atoms with van der Waals surface area (Å²) in [5.41, 5.74) is 0.220. The van der Waals surface area contributed by atoms with Gasteiger partial charge in [-0.2, -0.15) is 0 Å². The lowest BCUT2D eigenvalue weighted by molar-refractivity contribution is -0.414. The minimum atomic E-state index is -0.553. The lowest BCUT2D eigenvalue weighted by Gasteiger charge is -1.90. The van der Waals surface area contributed by atoms with E-state index in [1.54, 1.807) is 6.92 Å². The molecule has 4 nitrogen and oxygen atoms in total. The molecule has 0 atom stereocenters. The van der Waals surface area contributed by atoms with E-state index in [1.165, 1.54) is 7.05 Å². The Bertz CT molecular complexity index is 172. The van der Waals surface area contributed by atoms with Gasteiger partial charge in [-0.1, -0.05) is 0 Å². The highest BCUT2D eigenvalue weighted by atomic mass is 16.6. The standard InChI is InChI=1S/C5H8N2O2/c1-4(6-3)5(2)7(8)9/h2H2,1,3H3. The molecule has 0 saturated carbocycles. The molecule has 0 radical (unpaired) electrons. The van der Waals surface area contributed by atoms with Gasteiger partial charge >= 0.3 is 0 Å². The second kappa shape index (κ2) is 2.96. The van der Waals surface area contributed by atoms with Gasteiger partial charge in [0.25, 0.3) is 5.70 Å². The SMILES string of the molecule is C=C(C(C)=NC)[N+](=O)[O-]. The summed E-state index contributed by atoms with van der Waals surface area (Å²) in [6.07, 6.45) is 0. The zero-order valence-corrected chi connectivity index (χ0v) is 5.42. The average Bonchev–Trinajstić information content (AvgIpc) is 1.84. The highest BCUT2D eigenvalue weighted by Gasteiger charge is 2.08. The van der Waals surface area contributed by atoms with E-state index < -0.39 is 4.92 Å². The van der Waals surface area contributed by atoms with Crippen molar-refractivity contribution in [3.8, 4) is 0 Å². The first kappa shape index (κ1) is 7.81. The number of nitrogens with zero attached hydrogens (tertiary/aromatic N) is 2. The summed E-state index contributed by atoms with van der Waals surface area (Å²) in [4.78, 5) is 13.0. The van der Waals surface area contributed by atoms with Gasteiger partial charge in [0, 0.05) is 7.05 Å². The normalized spacial score (nSPS) is 11.1. The van der Waals surface area contributed by atoms with Crippen LogP contribution in [0.15, 0.2) is 17.3 Å². The molecule has 0 N–H and O–H groups in total. The quantitative estimate of drug-likeness (QED) is 0.314. The Morgan fingerprint density at radius 2 is 2.22 bits per heavy atom. The van der Waals surface area contributed by atoms with Crippen molar-refractivity contribution in [2.45, 2.75) is 6.92 Å². The van der Waals surface area contributed by atoms with Crippen LogP contribution in [0.5, 0.6) is 0 Å². The Balaban J connectivity index is 4.23. The van der Waals surface area contributed by atoms with Crippen LogP contribution < -0.4 is 0 Å². The average molecular weight is 128 g/mol. The third-order valence-electron chi connectivity index (χ3n) is 0.973.